The van der Waals surface area contributed by atoms with E-state index in [-0.39, 0.29) is 6.61 Å². The van der Waals surface area contributed by atoms with E-state index < -0.39 is 0 Å². The summed E-state index contributed by atoms with van der Waals surface area (Å²) in [7, 11) is 0. The number of carbonyl (C=O) groups excluding carboxylic acids is 1. The van der Waals surface area contributed by atoms with Crippen LogP contribution in [0.25, 0.3) is 0 Å². The van der Waals surface area contributed by atoms with Crippen molar-refractivity contribution in [2.75, 3.05) is 6.61 Å². The van der Waals surface area contributed by atoms with Crippen LogP contribution in [-0.4, -0.2) is 17.5 Å². The van der Waals surface area contributed by atoms with Gasteiger partial charge in [0.25, 0.3) is 0 Å². The van der Waals surface area contributed by atoms with Gasteiger partial charge < -0.3 is 9.90 Å². The van der Waals surface area contributed by atoms with E-state index in [0.717, 1.165) is 12.8 Å². The van der Waals surface area contributed by atoms with Crippen molar-refractivity contribution < 1.29 is 9.90 Å². The summed E-state index contributed by atoms with van der Waals surface area (Å²) >= 11 is 0. The molecule has 0 radical (unpaired) electrons. The predicted molar refractivity (Wildman–Crippen MR) is 52.2 cm³/mol. The van der Waals surface area contributed by atoms with Gasteiger partial charge in [-0.3, -0.25) is 0 Å². The Morgan fingerprint density at radius 2 is 1.67 bits per heavy atom. The Bertz CT molecular complexity index is 89.8. The van der Waals surface area contributed by atoms with Gasteiger partial charge in [0, 0.05) is 13.0 Å². The molecule has 12 heavy (non-hydrogen) atoms. The van der Waals surface area contributed by atoms with Gasteiger partial charge in [-0.1, -0.05) is 26.2 Å². The number of hydrogen-bond acceptors (Lipinski definition) is 2. The Balaban J connectivity index is 0. The Hall–Kier alpha value is -0.370. The van der Waals surface area contributed by atoms with Crippen LogP contribution in [-0.2, 0) is 4.79 Å². The SMILES string of the molecule is CCCCCCC(C)=O.CCO. The molecule has 0 aliphatic heterocycles. The quantitative estimate of drug-likeness (QED) is 0.650. The summed E-state index contributed by atoms with van der Waals surface area (Å²) < 4.78 is 0. The first-order chi connectivity index (χ1) is 5.68. The van der Waals surface area contributed by atoms with E-state index in [1.54, 1.807) is 13.8 Å². The summed E-state index contributed by atoms with van der Waals surface area (Å²) in [6.45, 7) is 5.76. The molecule has 0 aliphatic rings. The number of hydrogen-bond donors (Lipinski definition) is 1. The average Bonchev–Trinajstić information content (AvgIpc) is 1.99. The van der Waals surface area contributed by atoms with Crippen LogP contribution in [0.15, 0.2) is 0 Å². The number of unbranched alkanes of at least 4 members (excludes halogenated alkanes) is 3. The van der Waals surface area contributed by atoms with Crippen molar-refractivity contribution >= 4 is 5.78 Å². The van der Waals surface area contributed by atoms with Gasteiger partial charge in [0.2, 0.25) is 0 Å². The second kappa shape index (κ2) is 13.2. The molecule has 0 fully saturated rings. The molecule has 0 amide bonds. The maximum Gasteiger partial charge on any atom is 0.129 e. The number of ketones is 1. The van der Waals surface area contributed by atoms with Crippen LogP contribution < -0.4 is 0 Å². The highest BCUT2D eigenvalue weighted by Gasteiger charge is 1.91. The van der Waals surface area contributed by atoms with Crippen LogP contribution in [0.4, 0.5) is 0 Å². The lowest BCUT2D eigenvalue weighted by molar-refractivity contribution is -0.117. The first-order valence-corrected chi connectivity index (χ1v) is 4.79. The zero-order valence-corrected chi connectivity index (χ0v) is 8.60. The van der Waals surface area contributed by atoms with E-state index in [4.69, 9.17) is 5.11 Å². The van der Waals surface area contributed by atoms with Gasteiger partial charge in [-0.2, -0.15) is 0 Å². The van der Waals surface area contributed by atoms with Gasteiger partial charge in [0.1, 0.15) is 5.78 Å². The lowest BCUT2D eigenvalue weighted by Gasteiger charge is -1.93. The van der Waals surface area contributed by atoms with Gasteiger partial charge in [-0.05, 0) is 20.3 Å². The monoisotopic (exact) mass is 174 g/mol. The highest BCUT2D eigenvalue weighted by molar-refractivity contribution is 5.75. The van der Waals surface area contributed by atoms with Crippen molar-refractivity contribution in [2.45, 2.75) is 52.9 Å². The fourth-order valence-electron chi connectivity index (χ4n) is 0.801. The lowest BCUT2D eigenvalue weighted by Crippen LogP contribution is -1.88. The Kier molecular flexibility index (Phi) is 15.6. The van der Waals surface area contributed by atoms with Crippen molar-refractivity contribution in [1.29, 1.82) is 0 Å². The molecule has 0 aliphatic carbocycles. The highest BCUT2D eigenvalue weighted by Crippen LogP contribution is 2.01. The Morgan fingerprint density at radius 1 is 1.17 bits per heavy atom. The summed E-state index contributed by atoms with van der Waals surface area (Å²) in [5.41, 5.74) is 0. The summed E-state index contributed by atoms with van der Waals surface area (Å²) in [5, 5.41) is 7.57. The summed E-state index contributed by atoms with van der Waals surface area (Å²) in [4.78, 5) is 10.4. The smallest absolute Gasteiger partial charge is 0.129 e. The van der Waals surface area contributed by atoms with Crippen LogP contribution in [0.3, 0.4) is 0 Å². The van der Waals surface area contributed by atoms with E-state index in [1.165, 1.54) is 19.3 Å². The Morgan fingerprint density at radius 3 is 2.00 bits per heavy atom. The standard InChI is InChI=1S/C8H16O.C2H6O/c1-3-4-5-6-7-8(2)9;1-2-3/h3-7H2,1-2H3;3H,2H2,1H3. The van der Waals surface area contributed by atoms with Crippen LogP contribution in [0.1, 0.15) is 52.9 Å². The zero-order chi connectivity index (χ0) is 9.82. The number of rotatable bonds is 5. The fraction of sp³-hybridized carbons (Fsp3) is 0.900. The maximum absolute atomic E-state index is 10.4. The third kappa shape index (κ3) is 22.6. The minimum atomic E-state index is 0.250. The first-order valence-electron chi connectivity index (χ1n) is 4.79. The van der Waals surface area contributed by atoms with Crippen LogP contribution in [0, 0.1) is 0 Å². The normalized spacial score (nSPS) is 8.67. The fourth-order valence-corrected chi connectivity index (χ4v) is 0.801. The molecule has 0 spiro atoms. The van der Waals surface area contributed by atoms with Crippen molar-refractivity contribution in [3.63, 3.8) is 0 Å². The molecule has 2 heteroatoms. The zero-order valence-electron chi connectivity index (χ0n) is 8.60. The van der Waals surface area contributed by atoms with Crippen molar-refractivity contribution in [2.24, 2.45) is 0 Å². The van der Waals surface area contributed by atoms with E-state index in [9.17, 15) is 4.79 Å². The second-order valence-corrected chi connectivity index (χ2v) is 2.83. The molecule has 0 saturated carbocycles. The molecule has 0 unspecified atom stereocenters. The number of aliphatic hydroxyl groups is 1. The van der Waals surface area contributed by atoms with Gasteiger partial charge in [-0.15, -0.1) is 0 Å². The molecular formula is C10H22O2. The molecular weight excluding hydrogens is 152 g/mol. The van der Waals surface area contributed by atoms with E-state index in [0.29, 0.717) is 5.78 Å². The van der Waals surface area contributed by atoms with Crippen molar-refractivity contribution in [3.8, 4) is 0 Å². The van der Waals surface area contributed by atoms with Gasteiger partial charge in [0.05, 0.1) is 0 Å². The van der Waals surface area contributed by atoms with E-state index in [1.807, 2.05) is 0 Å². The molecule has 0 rings (SSSR count). The van der Waals surface area contributed by atoms with Crippen molar-refractivity contribution in [3.05, 3.63) is 0 Å². The second-order valence-electron chi connectivity index (χ2n) is 2.83. The van der Waals surface area contributed by atoms with E-state index in [2.05, 4.69) is 6.92 Å². The summed E-state index contributed by atoms with van der Waals surface area (Å²) in [5.74, 6) is 0.325. The van der Waals surface area contributed by atoms with Crippen LogP contribution in [0.5, 0.6) is 0 Å². The maximum atomic E-state index is 10.4. The molecule has 2 nitrogen and oxygen atoms in total. The molecule has 0 atom stereocenters. The largest absolute Gasteiger partial charge is 0.397 e. The summed E-state index contributed by atoms with van der Waals surface area (Å²) in [6.07, 6.45) is 5.60. The predicted octanol–water partition coefficient (Wildman–Crippen LogP) is 2.54. The average molecular weight is 174 g/mol. The number of aliphatic hydroxyl groups excluding tert-OH is 1. The molecule has 1 N–H and O–H groups in total. The summed E-state index contributed by atoms with van der Waals surface area (Å²) in [6, 6.07) is 0. The molecule has 0 saturated heterocycles. The third-order valence-corrected chi connectivity index (χ3v) is 1.38. The van der Waals surface area contributed by atoms with Crippen LogP contribution >= 0.6 is 0 Å². The minimum Gasteiger partial charge on any atom is -0.397 e. The molecule has 74 valence electrons. The third-order valence-electron chi connectivity index (χ3n) is 1.38. The number of carbonyl (C=O) groups is 1. The minimum absolute atomic E-state index is 0.250. The van der Waals surface area contributed by atoms with E-state index >= 15 is 0 Å². The molecule has 0 heterocycles. The highest BCUT2D eigenvalue weighted by atomic mass is 16.2. The first kappa shape index (κ1) is 14.2. The van der Waals surface area contributed by atoms with Gasteiger partial charge >= 0.3 is 0 Å². The van der Waals surface area contributed by atoms with Crippen molar-refractivity contribution in [1.82, 2.24) is 0 Å². The Labute approximate surface area is 76.0 Å². The topological polar surface area (TPSA) is 37.3 Å². The lowest BCUT2D eigenvalue weighted by atomic mass is 10.1. The van der Waals surface area contributed by atoms with Crippen LogP contribution in [0.2, 0.25) is 0 Å². The molecule has 0 aromatic heterocycles. The molecule has 0 bridgehead atoms. The molecule has 0 aromatic rings. The van der Waals surface area contributed by atoms with Gasteiger partial charge in [0.15, 0.2) is 0 Å². The number of Topliss-reactive ketones (excluding diaryl/α,β-unsaturated/α-hetero) is 1. The van der Waals surface area contributed by atoms with Gasteiger partial charge in [-0.25, -0.2) is 0 Å². The molecule has 0 aromatic carbocycles.